The Hall–Kier alpha value is -3.16. The number of ether oxygens (including phenoxy) is 3. The summed E-state index contributed by atoms with van der Waals surface area (Å²) in [6.45, 7) is 0. The van der Waals surface area contributed by atoms with Crippen molar-refractivity contribution in [3.05, 3.63) is 42.2 Å². The lowest BCUT2D eigenvalue weighted by Gasteiger charge is -2.27. The van der Waals surface area contributed by atoms with E-state index < -0.39 is 50.7 Å². The Bertz CT molecular complexity index is 1070. The molecule has 1 aliphatic carbocycles. The SMILES string of the molecule is O=C1OC2CC(NS(=O)(=O)c3ccc(Oc4ccc(F)cc4)o3)(C(=O)NO)CC2O1. The van der Waals surface area contributed by atoms with Crippen molar-refractivity contribution < 1.29 is 46.2 Å². The van der Waals surface area contributed by atoms with Gasteiger partial charge in [-0.25, -0.2) is 23.1 Å². The van der Waals surface area contributed by atoms with Gasteiger partial charge in [-0.05, 0) is 24.3 Å². The fourth-order valence-electron chi connectivity index (χ4n) is 3.39. The highest BCUT2D eigenvalue weighted by Crippen LogP contribution is 2.39. The van der Waals surface area contributed by atoms with Gasteiger partial charge in [0, 0.05) is 25.0 Å². The van der Waals surface area contributed by atoms with E-state index in [1.165, 1.54) is 23.7 Å². The molecule has 2 heterocycles. The predicted molar refractivity (Wildman–Crippen MR) is 92.5 cm³/mol. The second kappa shape index (κ2) is 7.27. The van der Waals surface area contributed by atoms with Crippen molar-refractivity contribution in [2.24, 2.45) is 0 Å². The van der Waals surface area contributed by atoms with Crippen LogP contribution < -0.4 is 14.9 Å². The number of benzene rings is 1. The summed E-state index contributed by atoms with van der Waals surface area (Å²) in [5.41, 5.74) is -0.422. The molecule has 1 saturated heterocycles. The van der Waals surface area contributed by atoms with Gasteiger partial charge in [0.25, 0.3) is 21.9 Å². The lowest BCUT2D eigenvalue weighted by Crippen LogP contribution is -2.57. The van der Waals surface area contributed by atoms with E-state index >= 15 is 0 Å². The molecular formula is C17H15FN2O9S. The standard InChI is InChI=1S/C17H15FN2O9S/c18-9-1-3-10(4-2-9)26-13-5-6-14(29-13)30(24,25)20-17(15(21)19-23)7-11-12(8-17)28-16(22)27-11/h1-6,11-12,20,23H,7-8H2,(H,19,21). The maximum atomic E-state index is 13.0. The number of halogens is 1. The molecule has 0 spiro atoms. The van der Waals surface area contributed by atoms with Crippen molar-refractivity contribution in [2.45, 2.75) is 35.7 Å². The van der Waals surface area contributed by atoms with Gasteiger partial charge in [-0.1, -0.05) is 0 Å². The molecule has 30 heavy (non-hydrogen) atoms. The molecule has 1 amide bonds. The zero-order chi connectivity index (χ0) is 21.5. The summed E-state index contributed by atoms with van der Waals surface area (Å²) in [6.07, 6.45) is -3.14. The minimum absolute atomic E-state index is 0.191. The van der Waals surface area contributed by atoms with Crippen molar-refractivity contribution in [1.29, 1.82) is 0 Å². The van der Waals surface area contributed by atoms with E-state index in [9.17, 15) is 22.4 Å². The molecule has 2 aromatic rings. The molecular weight excluding hydrogens is 427 g/mol. The van der Waals surface area contributed by atoms with Gasteiger partial charge >= 0.3 is 6.16 Å². The number of carbonyl (C=O) groups is 2. The lowest BCUT2D eigenvalue weighted by molar-refractivity contribution is -0.136. The minimum atomic E-state index is -4.40. The fourth-order valence-corrected chi connectivity index (χ4v) is 4.71. The summed E-state index contributed by atoms with van der Waals surface area (Å²) in [5, 5.41) is 8.51. The van der Waals surface area contributed by atoms with E-state index in [0.29, 0.717) is 0 Å². The van der Waals surface area contributed by atoms with Gasteiger partial charge in [0.15, 0.2) is 0 Å². The molecule has 11 nitrogen and oxygen atoms in total. The normalized spacial score (nSPS) is 25.3. The summed E-state index contributed by atoms with van der Waals surface area (Å²) < 4.78 is 61.1. The maximum Gasteiger partial charge on any atom is 0.509 e. The lowest BCUT2D eigenvalue weighted by atomic mass is 9.98. The molecule has 3 N–H and O–H groups in total. The Morgan fingerprint density at radius 2 is 1.77 bits per heavy atom. The summed E-state index contributed by atoms with van der Waals surface area (Å²) in [5.74, 6) is -1.50. The first-order chi connectivity index (χ1) is 14.2. The zero-order valence-electron chi connectivity index (χ0n) is 15.0. The Labute approximate surface area is 168 Å². The van der Waals surface area contributed by atoms with Crippen LogP contribution in [0.15, 0.2) is 45.9 Å². The number of hydroxylamine groups is 1. The molecule has 4 rings (SSSR count). The van der Waals surface area contributed by atoms with Crippen LogP contribution in [0, 0.1) is 5.82 Å². The first-order valence-electron chi connectivity index (χ1n) is 8.60. The van der Waals surface area contributed by atoms with Crippen LogP contribution in [-0.2, 0) is 24.3 Å². The summed E-state index contributed by atoms with van der Waals surface area (Å²) in [7, 11) is -4.40. The Morgan fingerprint density at radius 1 is 1.13 bits per heavy atom. The van der Waals surface area contributed by atoms with Gasteiger partial charge < -0.3 is 18.6 Å². The number of rotatable bonds is 6. The summed E-state index contributed by atoms with van der Waals surface area (Å²) >= 11 is 0. The maximum absolute atomic E-state index is 13.0. The van der Waals surface area contributed by atoms with Crippen LogP contribution in [0.2, 0.25) is 0 Å². The van der Waals surface area contributed by atoms with Crippen LogP contribution in [0.1, 0.15) is 12.8 Å². The number of furan rings is 1. The molecule has 1 aromatic carbocycles. The van der Waals surface area contributed by atoms with Crippen molar-refractivity contribution in [3.8, 4) is 11.7 Å². The summed E-state index contributed by atoms with van der Waals surface area (Å²) in [6, 6.07) is 7.27. The van der Waals surface area contributed by atoms with Gasteiger partial charge in [-0.3, -0.25) is 10.0 Å². The van der Waals surface area contributed by atoms with Crippen LogP contribution in [0.4, 0.5) is 9.18 Å². The van der Waals surface area contributed by atoms with Crippen LogP contribution in [-0.4, -0.2) is 43.4 Å². The molecule has 1 saturated carbocycles. The highest BCUT2D eigenvalue weighted by molar-refractivity contribution is 7.89. The second-order valence-electron chi connectivity index (χ2n) is 6.73. The molecule has 1 aromatic heterocycles. The molecule has 2 unspecified atom stereocenters. The van der Waals surface area contributed by atoms with E-state index in [1.807, 2.05) is 0 Å². The van der Waals surface area contributed by atoms with Crippen molar-refractivity contribution in [1.82, 2.24) is 10.2 Å². The Balaban J connectivity index is 1.54. The number of amides is 1. The third-order valence-electron chi connectivity index (χ3n) is 4.73. The quantitative estimate of drug-likeness (QED) is 0.342. The molecule has 160 valence electrons. The smallest absolute Gasteiger partial charge is 0.427 e. The molecule has 13 heteroatoms. The van der Waals surface area contributed by atoms with Crippen LogP contribution in [0.5, 0.6) is 11.7 Å². The van der Waals surface area contributed by atoms with E-state index in [4.69, 9.17) is 23.8 Å². The molecule has 0 bridgehead atoms. The number of sulfonamides is 1. The number of hydrogen-bond acceptors (Lipinski definition) is 9. The van der Waals surface area contributed by atoms with Crippen LogP contribution in [0.25, 0.3) is 0 Å². The van der Waals surface area contributed by atoms with Gasteiger partial charge in [0.1, 0.15) is 29.3 Å². The van der Waals surface area contributed by atoms with Gasteiger partial charge in [-0.15, -0.1) is 0 Å². The van der Waals surface area contributed by atoms with Crippen molar-refractivity contribution >= 4 is 22.1 Å². The van der Waals surface area contributed by atoms with Gasteiger partial charge in [0.2, 0.25) is 5.09 Å². The van der Waals surface area contributed by atoms with Gasteiger partial charge in [-0.2, -0.15) is 4.72 Å². The number of nitrogens with one attached hydrogen (secondary N) is 2. The van der Waals surface area contributed by atoms with E-state index in [-0.39, 0.29) is 24.5 Å². The van der Waals surface area contributed by atoms with Crippen LogP contribution in [0.3, 0.4) is 0 Å². The largest absolute Gasteiger partial charge is 0.509 e. The van der Waals surface area contributed by atoms with E-state index in [0.717, 1.165) is 18.2 Å². The summed E-state index contributed by atoms with van der Waals surface area (Å²) in [4.78, 5) is 23.5. The third kappa shape index (κ3) is 3.69. The van der Waals surface area contributed by atoms with Gasteiger partial charge in [0.05, 0.1) is 0 Å². The molecule has 2 fully saturated rings. The van der Waals surface area contributed by atoms with E-state index in [2.05, 4.69) is 4.72 Å². The molecule has 0 radical (unpaired) electrons. The average Bonchev–Trinajstić information content (AvgIpc) is 3.37. The first kappa shape index (κ1) is 20.1. The highest BCUT2D eigenvalue weighted by atomic mass is 32.2. The molecule has 1 aliphatic heterocycles. The van der Waals surface area contributed by atoms with Crippen LogP contribution >= 0.6 is 0 Å². The Kier molecular flexibility index (Phi) is 4.88. The minimum Gasteiger partial charge on any atom is -0.427 e. The first-order valence-corrected chi connectivity index (χ1v) is 10.1. The second-order valence-corrected chi connectivity index (χ2v) is 8.34. The van der Waals surface area contributed by atoms with Crippen molar-refractivity contribution in [2.75, 3.05) is 0 Å². The monoisotopic (exact) mass is 442 g/mol. The third-order valence-corrected chi connectivity index (χ3v) is 6.14. The Morgan fingerprint density at radius 3 is 2.37 bits per heavy atom. The number of carbonyl (C=O) groups excluding carboxylic acids is 2. The van der Waals surface area contributed by atoms with Crippen molar-refractivity contribution in [3.63, 3.8) is 0 Å². The topological polar surface area (TPSA) is 153 Å². The number of fused-ring (bicyclic) bond motifs is 1. The fraction of sp³-hybridized carbons (Fsp3) is 0.294. The molecule has 2 atom stereocenters. The average molecular weight is 442 g/mol. The highest BCUT2D eigenvalue weighted by Gasteiger charge is 2.58. The predicted octanol–water partition coefficient (Wildman–Crippen LogP) is 1.43. The van der Waals surface area contributed by atoms with E-state index in [1.54, 1.807) is 0 Å². The molecule has 2 aliphatic rings. The zero-order valence-corrected chi connectivity index (χ0v) is 15.8. The number of hydrogen-bond donors (Lipinski definition) is 3.